The first-order valence-electron chi connectivity index (χ1n) is 7.74. The van der Waals surface area contributed by atoms with Crippen LogP contribution in [0.25, 0.3) is 10.9 Å². The number of pyridine rings is 2. The van der Waals surface area contributed by atoms with Crippen molar-refractivity contribution >= 4 is 45.8 Å². The number of para-hydroxylation sites is 1. The number of fused-ring (bicyclic) bond motifs is 1. The van der Waals surface area contributed by atoms with Gasteiger partial charge in [-0.15, -0.1) is 0 Å². The van der Waals surface area contributed by atoms with Crippen molar-refractivity contribution < 1.29 is 4.79 Å². The van der Waals surface area contributed by atoms with Crippen molar-refractivity contribution in [1.29, 1.82) is 0 Å². The predicted octanol–water partition coefficient (Wildman–Crippen LogP) is 4.09. The molecule has 0 bridgehead atoms. The van der Waals surface area contributed by atoms with Crippen molar-refractivity contribution in [3.05, 3.63) is 63.9 Å². The van der Waals surface area contributed by atoms with Crippen LogP contribution in [0.4, 0.5) is 5.82 Å². The lowest BCUT2D eigenvalue weighted by atomic mass is 10.1. The van der Waals surface area contributed by atoms with Crippen LogP contribution in [0.1, 0.15) is 16.1 Å². The van der Waals surface area contributed by atoms with Crippen LogP contribution >= 0.6 is 23.2 Å². The van der Waals surface area contributed by atoms with E-state index >= 15 is 0 Å². The highest BCUT2D eigenvalue weighted by atomic mass is 35.5. The molecule has 0 aliphatic rings. The first kappa shape index (κ1) is 17.5. The number of rotatable bonds is 5. The first-order valence-corrected chi connectivity index (χ1v) is 8.49. The summed E-state index contributed by atoms with van der Waals surface area (Å²) in [6.07, 6.45) is 1.51. The smallest absolute Gasteiger partial charge is 0.252 e. The average Bonchev–Trinajstić information content (AvgIpc) is 2.59. The van der Waals surface area contributed by atoms with Crippen LogP contribution in [0.2, 0.25) is 10.0 Å². The van der Waals surface area contributed by atoms with Gasteiger partial charge in [0.2, 0.25) is 0 Å². The van der Waals surface area contributed by atoms with Crippen LogP contribution in [0.3, 0.4) is 0 Å². The first-order chi connectivity index (χ1) is 12.0. The van der Waals surface area contributed by atoms with E-state index in [2.05, 4.69) is 20.6 Å². The number of halogens is 2. The summed E-state index contributed by atoms with van der Waals surface area (Å²) in [6.45, 7) is 2.79. The Morgan fingerprint density at radius 1 is 1.16 bits per heavy atom. The van der Waals surface area contributed by atoms with Crippen molar-refractivity contribution in [3.63, 3.8) is 0 Å². The van der Waals surface area contributed by atoms with E-state index < -0.39 is 0 Å². The number of benzene rings is 1. The number of anilines is 1. The number of aromatic nitrogens is 2. The molecular formula is C18H16Cl2N4O. The highest BCUT2D eigenvalue weighted by Crippen LogP contribution is 2.22. The standard InChI is InChI=1S/C18H16Cl2N4O/c1-11-8-14(13-4-2-3-5-16(13)24-11)18(25)22-7-6-21-17-15(20)9-12(19)10-23-17/h2-5,8-10H,6-7H2,1H3,(H,21,23)(H,22,25). The molecule has 0 radical (unpaired) electrons. The van der Waals surface area contributed by atoms with Crippen LogP contribution in [-0.4, -0.2) is 29.0 Å². The van der Waals surface area contributed by atoms with E-state index in [4.69, 9.17) is 23.2 Å². The van der Waals surface area contributed by atoms with E-state index in [1.165, 1.54) is 6.20 Å². The molecule has 7 heteroatoms. The SMILES string of the molecule is Cc1cc(C(=O)NCCNc2ncc(Cl)cc2Cl)c2ccccc2n1. The Bertz CT molecular complexity index is 930. The second-order valence-electron chi connectivity index (χ2n) is 5.49. The average molecular weight is 375 g/mol. The Balaban J connectivity index is 1.63. The number of nitrogens with one attached hydrogen (secondary N) is 2. The number of hydrogen-bond acceptors (Lipinski definition) is 4. The van der Waals surface area contributed by atoms with Crippen LogP contribution in [0, 0.1) is 6.92 Å². The molecule has 25 heavy (non-hydrogen) atoms. The molecule has 2 heterocycles. The molecule has 5 nitrogen and oxygen atoms in total. The summed E-state index contributed by atoms with van der Waals surface area (Å²) in [5, 5.41) is 7.71. The van der Waals surface area contributed by atoms with Crippen LogP contribution < -0.4 is 10.6 Å². The summed E-state index contributed by atoms with van der Waals surface area (Å²) >= 11 is 11.9. The van der Waals surface area contributed by atoms with Gasteiger partial charge in [-0.2, -0.15) is 0 Å². The van der Waals surface area contributed by atoms with E-state index in [-0.39, 0.29) is 5.91 Å². The quantitative estimate of drug-likeness (QED) is 0.660. The molecule has 0 unspecified atom stereocenters. The van der Waals surface area contributed by atoms with Crippen LogP contribution in [0.15, 0.2) is 42.6 Å². The maximum absolute atomic E-state index is 12.5. The van der Waals surface area contributed by atoms with Gasteiger partial charge in [-0.25, -0.2) is 4.98 Å². The van der Waals surface area contributed by atoms with Gasteiger partial charge < -0.3 is 10.6 Å². The van der Waals surface area contributed by atoms with Gasteiger partial charge in [0.05, 0.1) is 21.1 Å². The van der Waals surface area contributed by atoms with E-state index in [1.54, 1.807) is 12.1 Å². The molecule has 1 aromatic carbocycles. The number of amides is 1. The molecule has 2 aromatic heterocycles. The second kappa shape index (κ2) is 7.68. The third-order valence-corrected chi connectivity index (χ3v) is 4.09. The Morgan fingerprint density at radius 2 is 1.96 bits per heavy atom. The summed E-state index contributed by atoms with van der Waals surface area (Å²) in [7, 11) is 0. The normalized spacial score (nSPS) is 10.7. The van der Waals surface area contributed by atoms with Gasteiger partial charge in [0.15, 0.2) is 0 Å². The van der Waals surface area contributed by atoms with Crippen molar-refractivity contribution in [2.75, 3.05) is 18.4 Å². The molecule has 3 rings (SSSR count). The molecule has 0 fully saturated rings. The maximum atomic E-state index is 12.5. The molecule has 0 atom stereocenters. The van der Waals surface area contributed by atoms with Gasteiger partial charge in [-0.3, -0.25) is 9.78 Å². The van der Waals surface area contributed by atoms with Gasteiger partial charge in [0, 0.05) is 30.4 Å². The Labute approximate surface area is 155 Å². The minimum Gasteiger partial charge on any atom is -0.367 e. The molecule has 0 spiro atoms. The molecule has 0 saturated carbocycles. The summed E-state index contributed by atoms with van der Waals surface area (Å²) in [4.78, 5) is 21.1. The van der Waals surface area contributed by atoms with Gasteiger partial charge in [-0.1, -0.05) is 41.4 Å². The number of nitrogens with zero attached hydrogens (tertiary/aromatic N) is 2. The van der Waals surface area contributed by atoms with Crippen molar-refractivity contribution in [3.8, 4) is 0 Å². The molecule has 0 saturated heterocycles. The highest BCUT2D eigenvalue weighted by molar-refractivity contribution is 6.35. The van der Waals surface area contributed by atoms with Crippen molar-refractivity contribution in [1.82, 2.24) is 15.3 Å². The lowest BCUT2D eigenvalue weighted by Gasteiger charge is -2.10. The van der Waals surface area contributed by atoms with Crippen LogP contribution in [-0.2, 0) is 0 Å². The summed E-state index contributed by atoms with van der Waals surface area (Å²) in [5.74, 6) is 0.393. The highest BCUT2D eigenvalue weighted by Gasteiger charge is 2.11. The third kappa shape index (κ3) is 4.18. The fourth-order valence-electron chi connectivity index (χ4n) is 2.49. The molecule has 0 aliphatic carbocycles. The molecule has 3 aromatic rings. The van der Waals surface area contributed by atoms with E-state index in [1.807, 2.05) is 31.2 Å². The molecular weight excluding hydrogens is 359 g/mol. The summed E-state index contributed by atoms with van der Waals surface area (Å²) in [6, 6.07) is 11.0. The van der Waals surface area contributed by atoms with Crippen molar-refractivity contribution in [2.24, 2.45) is 0 Å². The zero-order valence-electron chi connectivity index (χ0n) is 13.5. The van der Waals surface area contributed by atoms with Crippen molar-refractivity contribution in [2.45, 2.75) is 6.92 Å². The predicted molar refractivity (Wildman–Crippen MR) is 102 cm³/mol. The molecule has 128 valence electrons. The van der Waals surface area contributed by atoms with Gasteiger partial charge in [-0.05, 0) is 25.1 Å². The fourth-order valence-corrected chi connectivity index (χ4v) is 2.94. The molecule has 1 amide bonds. The zero-order valence-corrected chi connectivity index (χ0v) is 15.0. The third-order valence-electron chi connectivity index (χ3n) is 3.60. The topological polar surface area (TPSA) is 66.9 Å². The van der Waals surface area contributed by atoms with E-state index in [9.17, 15) is 4.79 Å². The fraction of sp³-hybridized carbons (Fsp3) is 0.167. The summed E-state index contributed by atoms with van der Waals surface area (Å²) < 4.78 is 0. The lowest BCUT2D eigenvalue weighted by molar-refractivity contribution is 0.0956. The monoisotopic (exact) mass is 374 g/mol. The van der Waals surface area contributed by atoms with E-state index in [0.717, 1.165) is 16.6 Å². The maximum Gasteiger partial charge on any atom is 0.252 e. The second-order valence-corrected chi connectivity index (χ2v) is 6.34. The summed E-state index contributed by atoms with van der Waals surface area (Å²) in [5.41, 5.74) is 2.23. The molecule has 2 N–H and O–H groups in total. The van der Waals surface area contributed by atoms with Gasteiger partial charge in [0.25, 0.3) is 5.91 Å². The Kier molecular flexibility index (Phi) is 5.36. The number of carbonyl (C=O) groups is 1. The number of hydrogen-bond donors (Lipinski definition) is 2. The Hall–Kier alpha value is -2.37. The minimum absolute atomic E-state index is 0.140. The van der Waals surface area contributed by atoms with Gasteiger partial charge >= 0.3 is 0 Å². The number of aryl methyl sites for hydroxylation is 1. The largest absolute Gasteiger partial charge is 0.367 e. The lowest BCUT2D eigenvalue weighted by Crippen LogP contribution is -2.29. The van der Waals surface area contributed by atoms with Gasteiger partial charge in [0.1, 0.15) is 5.82 Å². The van der Waals surface area contributed by atoms with E-state index in [0.29, 0.717) is 34.5 Å². The zero-order chi connectivity index (χ0) is 17.8. The number of carbonyl (C=O) groups excluding carboxylic acids is 1. The molecule has 0 aliphatic heterocycles. The minimum atomic E-state index is -0.140. The van der Waals surface area contributed by atoms with Crippen LogP contribution in [0.5, 0.6) is 0 Å². The Morgan fingerprint density at radius 3 is 2.76 bits per heavy atom.